The lowest BCUT2D eigenvalue weighted by Gasteiger charge is -2.33. The van der Waals surface area contributed by atoms with E-state index in [0.717, 1.165) is 53.5 Å². The third kappa shape index (κ3) is 3.72. The molecule has 176 valence electrons. The van der Waals surface area contributed by atoms with Crippen LogP contribution in [0.3, 0.4) is 0 Å². The number of benzene rings is 1. The molecule has 5 heterocycles. The van der Waals surface area contributed by atoms with E-state index in [0.29, 0.717) is 16.9 Å². The minimum Gasteiger partial charge on any atom is -0.356 e. The molecule has 1 unspecified atom stereocenters. The van der Waals surface area contributed by atoms with Crippen molar-refractivity contribution in [1.29, 1.82) is 0 Å². The molecule has 1 aromatic carbocycles. The standard InChI is InChI=1S/C25H24N7O2P/c1-30-13-18(17-5-4-16(35)11-21(17)30)23(33)19-12-22(28-14-27-19)31-9-6-15(7-10-31)32-20-3-2-8-26-24(20)29-25(32)34/h2-5,8,11-15H,6-7,9-10,35H2,1H3,(H,26,29,34). The highest BCUT2D eigenvalue weighted by Crippen LogP contribution is 2.28. The molecule has 0 radical (unpaired) electrons. The first-order chi connectivity index (χ1) is 17.0. The lowest BCUT2D eigenvalue weighted by molar-refractivity contribution is 0.103. The molecule has 1 atom stereocenters. The minimum atomic E-state index is -0.129. The predicted octanol–water partition coefficient (Wildman–Crippen LogP) is 2.58. The SMILES string of the molecule is Cn1cc(C(=O)c2cc(N3CCC(n4c(=O)[nH]c5ncccc54)CC3)ncn2)c2ccc(P)cc21. The summed E-state index contributed by atoms with van der Waals surface area (Å²) in [5, 5.41) is 1.97. The maximum Gasteiger partial charge on any atom is 0.327 e. The maximum absolute atomic E-state index is 13.4. The number of carbonyl (C=O) groups is 1. The van der Waals surface area contributed by atoms with E-state index in [9.17, 15) is 9.59 Å². The molecule has 0 aliphatic carbocycles. The van der Waals surface area contributed by atoms with Crippen molar-refractivity contribution in [2.75, 3.05) is 18.0 Å². The third-order valence-electron chi connectivity index (χ3n) is 6.79. The minimum absolute atomic E-state index is 0.0805. The molecule has 5 aromatic rings. The van der Waals surface area contributed by atoms with Gasteiger partial charge in [-0.05, 0) is 36.3 Å². The zero-order valence-electron chi connectivity index (χ0n) is 19.2. The summed E-state index contributed by atoms with van der Waals surface area (Å²) in [5.41, 5.74) is 3.31. The highest BCUT2D eigenvalue weighted by Gasteiger charge is 2.25. The number of pyridine rings is 1. The van der Waals surface area contributed by atoms with Gasteiger partial charge in [-0.15, -0.1) is 9.24 Å². The van der Waals surface area contributed by atoms with Crippen molar-refractivity contribution in [3.05, 3.63) is 76.9 Å². The molecule has 0 saturated carbocycles. The van der Waals surface area contributed by atoms with Gasteiger partial charge in [0.25, 0.3) is 0 Å². The van der Waals surface area contributed by atoms with Gasteiger partial charge in [0.05, 0.1) is 5.52 Å². The Morgan fingerprint density at radius 2 is 1.91 bits per heavy atom. The number of rotatable bonds is 4. The Morgan fingerprint density at radius 3 is 2.74 bits per heavy atom. The number of hydrogen-bond acceptors (Lipinski definition) is 6. The second-order valence-electron chi connectivity index (χ2n) is 8.91. The predicted molar refractivity (Wildman–Crippen MR) is 139 cm³/mol. The van der Waals surface area contributed by atoms with Crippen LogP contribution in [0.4, 0.5) is 5.82 Å². The van der Waals surface area contributed by atoms with E-state index in [2.05, 4.69) is 34.1 Å². The molecule has 0 amide bonds. The number of nitrogens with one attached hydrogen (secondary N) is 1. The molecule has 1 aliphatic heterocycles. The van der Waals surface area contributed by atoms with Crippen LogP contribution in [0.25, 0.3) is 22.1 Å². The monoisotopic (exact) mass is 485 g/mol. The van der Waals surface area contributed by atoms with Crippen LogP contribution in [-0.4, -0.2) is 47.9 Å². The summed E-state index contributed by atoms with van der Waals surface area (Å²) in [5.74, 6) is 0.603. The highest BCUT2D eigenvalue weighted by atomic mass is 31.0. The summed E-state index contributed by atoms with van der Waals surface area (Å²) in [7, 11) is 4.63. The Labute approximate surface area is 203 Å². The van der Waals surface area contributed by atoms with Crippen LogP contribution in [0.2, 0.25) is 0 Å². The van der Waals surface area contributed by atoms with Crippen molar-refractivity contribution in [2.45, 2.75) is 18.9 Å². The van der Waals surface area contributed by atoms with Crippen LogP contribution in [0, 0.1) is 0 Å². The summed E-state index contributed by atoms with van der Waals surface area (Å²) in [6.45, 7) is 1.44. The van der Waals surface area contributed by atoms with E-state index in [1.807, 2.05) is 52.7 Å². The van der Waals surface area contributed by atoms with E-state index in [1.54, 1.807) is 12.3 Å². The third-order valence-corrected chi connectivity index (χ3v) is 7.15. The van der Waals surface area contributed by atoms with Gasteiger partial charge in [-0.3, -0.25) is 14.3 Å². The summed E-state index contributed by atoms with van der Waals surface area (Å²) in [4.78, 5) is 43.9. The molecular formula is C25H24N7O2P. The second kappa shape index (κ2) is 8.43. The number of ketones is 1. The summed E-state index contributed by atoms with van der Waals surface area (Å²) >= 11 is 0. The lowest BCUT2D eigenvalue weighted by atomic mass is 10.0. The topological polar surface area (TPSA) is 102 Å². The number of anilines is 1. The van der Waals surface area contributed by atoms with Gasteiger partial charge in [0.2, 0.25) is 5.78 Å². The van der Waals surface area contributed by atoms with Crippen molar-refractivity contribution in [3.8, 4) is 0 Å². The van der Waals surface area contributed by atoms with Crippen molar-refractivity contribution >= 4 is 48.2 Å². The fraction of sp³-hybridized carbons (Fsp3) is 0.240. The first-order valence-corrected chi connectivity index (χ1v) is 12.1. The number of aryl methyl sites for hydroxylation is 1. The highest BCUT2D eigenvalue weighted by molar-refractivity contribution is 7.27. The van der Waals surface area contributed by atoms with Crippen molar-refractivity contribution in [2.24, 2.45) is 7.05 Å². The number of aromatic nitrogens is 6. The molecule has 35 heavy (non-hydrogen) atoms. The lowest BCUT2D eigenvalue weighted by Crippen LogP contribution is -2.37. The van der Waals surface area contributed by atoms with E-state index in [-0.39, 0.29) is 17.5 Å². The molecule has 0 spiro atoms. The average Bonchev–Trinajstić information content (AvgIpc) is 3.39. The zero-order valence-corrected chi connectivity index (χ0v) is 20.3. The van der Waals surface area contributed by atoms with Gasteiger partial charge in [-0.25, -0.2) is 19.7 Å². The fourth-order valence-corrected chi connectivity index (χ4v) is 5.29. The van der Waals surface area contributed by atoms with Crippen LogP contribution < -0.4 is 15.9 Å². The number of H-pyrrole nitrogens is 1. The molecule has 6 rings (SSSR count). The van der Waals surface area contributed by atoms with Crippen molar-refractivity contribution in [1.82, 2.24) is 29.1 Å². The van der Waals surface area contributed by atoms with E-state index < -0.39 is 0 Å². The number of carbonyl (C=O) groups excluding carboxylic acids is 1. The van der Waals surface area contributed by atoms with Gasteiger partial charge >= 0.3 is 5.69 Å². The van der Waals surface area contributed by atoms with E-state index in [4.69, 9.17) is 0 Å². The van der Waals surface area contributed by atoms with Gasteiger partial charge < -0.3 is 9.47 Å². The van der Waals surface area contributed by atoms with Crippen LogP contribution in [0.1, 0.15) is 34.9 Å². The Bertz CT molecular complexity index is 1640. The molecule has 10 heteroatoms. The number of piperidine rings is 1. The van der Waals surface area contributed by atoms with Crippen LogP contribution in [-0.2, 0) is 7.05 Å². The van der Waals surface area contributed by atoms with Gasteiger partial charge in [-0.2, -0.15) is 0 Å². The van der Waals surface area contributed by atoms with Gasteiger partial charge in [0, 0.05) is 61.1 Å². The largest absolute Gasteiger partial charge is 0.356 e. The number of hydrogen-bond donors (Lipinski definition) is 1. The van der Waals surface area contributed by atoms with Gasteiger partial charge in [-0.1, -0.05) is 12.1 Å². The molecule has 1 N–H and O–H groups in total. The average molecular weight is 485 g/mol. The van der Waals surface area contributed by atoms with Crippen LogP contribution >= 0.6 is 9.24 Å². The van der Waals surface area contributed by atoms with E-state index in [1.165, 1.54) is 6.33 Å². The van der Waals surface area contributed by atoms with Crippen LogP contribution in [0.5, 0.6) is 0 Å². The molecule has 1 saturated heterocycles. The number of imidazole rings is 1. The maximum atomic E-state index is 13.4. The normalized spacial score (nSPS) is 14.7. The summed E-state index contributed by atoms with van der Waals surface area (Å²) in [6.07, 6.45) is 6.57. The molecule has 1 fully saturated rings. The number of fused-ring (bicyclic) bond motifs is 2. The molecule has 4 aromatic heterocycles. The summed E-state index contributed by atoms with van der Waals surface area (Å²) < 4.78 is 3.78. The Kier molecular flexibility index (Phi) is 5.22. The van der Waals surface area contributed by atoms with Crippen molar-refractivity contribution < 1.29 is 4.79 Å². The number of nitrogens with zero attached hydrogens (tertiary/aromatic N) is 6. The molecule has 0 bridgehead atoms. The Hall–Kier alpha value is -3.84. The molecule has 9 nitrogen and oxygen atoms in total. The summed E-state index contributed by atoms with van der Waals surface area (Å²) in [6, 6.07) is 11.6. The quantitative estimate of drug-likeness (QED) is 0.310. The van der Waals surface area contributed by atoms with Crippen molar-refractivity contribution in [3.63, 3.8) is 0 Å². The number of aromatic amines is 1. The first kappa shape index (κ1) is 21.7. The van der Waals surface area contributed by atoms with Crippen LogP contribution in [0.15, 0.2) is 59.9 Å². The second-order valence-corrected chi connectivity index (χ2v) is 9.58. The van der Waals surface area contributed by atoms with E-state index >= 15 is 0 Å². The molecule has 1 aliphatic rings. The Balaban J connectivity index is 1.24. The fourth-order valence-electron chi connectivity index (χ4n) is 5.04. The van der Waals surface area contributed by atoms with Gasteiger partial charge in [0.15, 0.2) is 5.65 Å². The zero-order chi connectivity index (χ0) is 24.1. The van der Waals surface area contributed by atoms with Gasteiger partial charge in [0.1, 0.15) is 17.8 Å². The molecular weight excluding hydrogens is 461 g/mol. The smallest absolute Gasteiger partial charge is 0.327 e. The first-order valence-electron chi connectivity index (χ1n) is 11.5. The Morgan fingerprint density at radius 1 is 1.09 bits per heavy atom.